The van der Waals surface area contributed by atoms with Crippen LogP contribution in [0.25, 0.3) is 0 Å². The summed E-state index contributed by atoms with van der Waals surface area (Å²) in [5, 5.41) is 3.02. The molecule has 0 aromatic heterocycles. The van der Waals surface area contributed by atoms with Gasteiger partial charge < -0.3 is 5.32 Å². The van der Waals surface area contributed by atoms with Crippen LogP contribution in [0.1, 0.15) is 6.42 Å². The lowest BCUT2D eigenvalue weighted by Gasteiger charge is -2.21. The quantitative estimate of drug-likeness (QED) is 0.819. The van der Waals surface area contributed by atoms with Gasteiger partial charge in [0.25, 0.3) is 0 Å². The minimum absolute atomic E-state index is 0. The second-order valence-corrected chi connectivity index (χ2v) is 7.34. The normalized spacial score (nSPS) is 17.4. The summed E-state index contributed by atoms with van der Waals surface area (Å²) in [6.45, 7) is 2.18. The summed E-state index contributed by atoms with van der Waals surface area (Å²) in [6, 6.07) is 2.12. The summed E-state index contributed by atoms with van der Waals surface area (Å²) in [7, 11) is -3.72. The molecule has 1 saturated heterocycles. The average Bonchev–Trinajstić information content (AvgIpc) is 2.55. The number of hydrogen-bond donors (Lipinski definition) is 1. The molecule has 4 nitrogen and oxygen atoms in total. The molecule has 9 heteroatoms. The van der Waals surface area contributed by atoms with Crippen molar-refractivity contribution in [1.82, 2.24) is 9.62 Å². The Morgan fingerprint density at radius 1 is 1.30 bits per heavy atom. The zero-order valence-corrected chi connectivity index (χ0v) is 14.4. The monoisotopic (exact) mass is 406 g/mol. The first-order chi connectivity index (χ1) is 8.93. The number of hydrogen-bond acceptors (Lipinski definition) is 3. The summed E-state index contributed by atoms with van der Waals surface area (Å²) in [5.41, 5.74) is 0. The lowest BCUT2D eigenvalue weighted by molar-refractivity contribution is 0.431. The van der Waals surface area contributed by atoms with Crippen LogP contribution in [-0.2, 0) is 10.0 Å². The molecule has 0 bridgehead atoms. The highest BCUT2D eigenvalue weighted by Crippen LogP contribution is 2.33. The maximum absolute atomic E-state index is 13.2. The SMILES string of the molecule is Cl.O=S(=O)(c1c(Cl)cc(F)cc1Br)N1CCCNCC1. The number of nitrogens with one attached hydrogen (secondary N) is 1. The maximum Gasteiger partial charge on any atom is 0.245 e. The molecule has 0 atom stereocenters. The molecule has 0 radical (unpaired) electrons. The molecule has 1 fully saturated rings. The minimum Gasteiger partial charge on any atom is -0.315 e. The Balaban J connectivity index is 0.00000200. The molecular weight excluding hydrogens is 394 g/mol. The Morgan fingerprint density at radius 3 is 2.65 bits per heavy atom. The molecule has 1 aliphatic rings. The van der Waals surface area contributed by atoms with Gasteiger partial charge in [-0.25, -0.2) is 12.8 Å². The molecular formula is C11H14BrCl2FN2O2S. The van der Waals surface area contributed by atoms with Crippen LogP contribution in [0, 0.1) is 5.82 Å². The van der Waals surface area contributed by atoms with E-state index in [2.05, 4.69) is 21.2 Å². The van der Waals surface area contributed by atoms with Crippen LogP contribution in [0.2, 0.25) is 5.02 Å². The van der Waals surface area contributed by atoms with Crippen LogP contribution in [0.4, 0.5) is 4.39 Å². The standard InChI is InChI=1S/C11H13BrClFN2O2S.ClH/c12-9-6-8(14)7-10(13)11(9)19(17,18)16-4-1-2-15-3-5-16;/h6-7,15H,1-5H2;1H. The third-order valence-electron chi connectivity index (χ3n) is 2.86. The lowest BCUT2D eigenvalue weighted by atomic mass is 10.3. The minimum atomic E-state index is -3.72. The summed E-state index contributed by atoms with van der Waals surface area (Å²) in [4.78, 5) is -0.0718. The zero-order valence-electron chi connectivity index (χ0n) is 10.4. The lowest BCUT2D eigenvalue weighted by Crippen LogP contribution is -2.34. The number of sulfonamides is 1. The molecule has 0 aliphatic carbocycles. The molecule has 1 N–H and O–H groups in total. The molecule has 1 aliphatic heterocycles. The van der Waals surface area contributed by atoms with Gasteiger partial charge in [0.05, 0.1) is 5.02 Å². The molecule has 20 heavy (non-hydrogen) atoms. The van der Waals surface area contributed by atoms with Gasteiger partial charge in [0.1, 0.15) is 10.7 Å². The number of nitrogens with zero attached hydrogens (tertiary/aromatic N) is 1. The Kier molecular flexibility index (Phi) is 6.69. The van der Waals surface area contributed by atoms with Crippen LogP contribution < -0.4 is 5.32 Å². The smallest absolute Gasteiger partial charge is 0.245 e. The molecule has 114 valence electrons. The van der Waals surface area contributed by atoms with Gasteiger partial charge in [-0.2, -0.15) is 4.31 Å². The zero-order chi connectivity index (χ0) is 14.0. The van der Waals surface area contributed by atoms with Crippen LogP contribution >= 0.6 is 39.9 Å². The number of halogens is 4. The van der Waals surface area contributed by atoms with Gasteiger partial charge >= 0.3 is 0 Å². The highest BCUT2D eigenvalue weighted by molar-refractivity contribution is 9.10. The summed E-state index contributed by atoms with van der Waals surface area (Å²) < 4.78 is 39.8. The highest BCUT2D eigenvalue weighted by atomic mass is 79.9. The Morgan fingerprint density at radius 2 is 2.00 bits per heavy atom. The first kappa shape index (κ1) is 18.1. The summed E-state index contributed by atoms with van der Waals surface area (Å²) in [6.07, 6.45) is 0.732. The molecule has 1 aromatic rings. The second-order valence-electron chi connectivity index (χ2n) is 4.21. The highest BCUT2D eigenvalue weighted by Gasteiger charge is 2.29. The fraction of sp³-hybridized carbons (Fsp3) is 0.455. The van der Waals surface area contributed by atoms with E-state index in [0.717, 1.165) is 25.1 Å². The third kappa shape index (κ3) is 3.84. The number of rotatable bonds is 2. The Labute approximate surface area is 137 Å². The van der Waals surface area contributed by atoms with Gasteiger partial charge in [-0.05, 0) is 41.0 Å². The van der Waals surface area contributed by atoms with Crippen molar-refractivity contribution in [3.63, 3.8) is 0 Å². The maximum atomic E-state index is 13.2. The van der Waals surface area contributed by atoms with E-state index in [1.54, 1.807) is 0 Å². The first-order valence-corrected chi connectivity index (χ1v) is 8.39. The summed E-state index contributed by atoms with van der Waals surface area (Å²) in [5.74, 6) is -0.576. The van der Waals surface area contributed by atoms with E-state index < -0.39 is 15.8 Å². The van der Waals surface area contributed by atoms with Crippen molar-refractivity contribution in [3.8, 4) is 0 Å². The van der Waals surface area contributed by atoms with Crippen molar-refractivity contribution in [2.24, 2.45) is 0 Å². The molecule has 0 saturated carbocycles. The van der Waals surface area contributed by atoms with Gasteiger partial charge in [0.2, 0.25) is 10.0 Å². The van der Waals surface area contributed by atoms with E-state index in [1.807, 2.05) is 0 Å². The molecule has 0 amide bonds. The van der Waals surface area contributed by atoms with E-state index in [4.69, 9.17) is 11.6 Å². The van der Waals surface area contributed by atoms with Crippen molar-refractivity contribution in [2.45, 2.75) is 11.3 Å². The van der Waals surface area contributed by atoms with Gasteiger partial charge in [-0.15, -0.1) is 12.4 Å². The predicted octanol–water partition coefficient (Wildman–Crippen LogP) is 2.65. The van der Waals surface area contributed by atoms with Crippen molar-refractivity contribution >= 4 is 50.0 Å². The molecule has 0 spiro atoms. The van der Waals surface area contributed by atoms with E-state index >= 15 is 0 Å². The van der Waals surface area contributed by atoms with Crippen LogP contribution in [0.5, 0.6) is 0 Å². The van der Waals surface area contributed by atoms with Crippen molar-refractivity contribution in [1.29, 1.82) is 0 Å². The van der Waals surface area contributed by atoms with E-state index in [1.165, 1.54) is 4.31 Å². The van der Waals surface area contributed by atoms with Crippen LogP contribution in [0.3, 0.4) is 0 Å². The molecule has 1 heterocycles. The van der Waals surface area contributed by atoms with E-state index in [-0.39, 0.29) is 26.8 Å². The fourth-order valence-corrected chi connectivity index (χ4v) is 5.19. The number of benzene rings is 1. The van der Waals surface area contributed by atoms with Crippen molar-refractivity contribution in [3.05, 3.63) is 27.4 Å². The van der Waals surface area contributed by atoms with Crippen LogP contribution in [-0.4, -0.2) is 38.9 Å². The van der Waals surface area contributed by atoms with Crippen molar-refractivity contribution in [2.75, 3.05) is 26.2 Å². The Hall–Kier alpha value is 0.0800. The second kappa shape index (κ2) is 7.38. The molecule has 0 unspecified atom stereocenters. The average molecular weight is 408 g/mol. The van der Waals surface area contributed by atoms with Gasteiger partial charge in [0.15, 0.2) is 0 Å². The Bertz CT molecular complexity index is 555. The van der Waals surface area contributed by atoms with Gasteiger partial charge in [-0.1, -0.05) is 11.6 Å². The predicted molar refractivity (Wildman–Crippen MR) is 82.6 cm³/mol. The first-order valence-electron chi connectivity index (χ1n) is 5.78. The molecule has 2 rings (SSSR count). The largest absolute Gasteiger partial charge is 0.315 e. The van der Waals surface area contributed by atoms with Crippen LogP contribution in [0.15, 0.2) is 21.5 Å². The summed E-state index contributed by atoms with van der Waals surface area (Å²) >= 11 is 8.96. The van der Waals surface area contributed by atoms with E-state index in [0.29, 0.717) is 19.6 Å². The molecule has 1 aromatic carbocycles. The third-order valence-corrected chi connectivity index (χ3v) is 6.16. The topological polar surface area (TPSA) is 49.4 Å². The van der Waals surface area contributed by atoms with Crippen molar-refractivity contribution < 1.29 is 12.8 Å². The van der Waals surface area contributed by atoms with E-state index in [9.17, 15) is 12.8 Å². The van der Waals surface area contributed by atoms with Gasteiger partial charge in [-0.3, -0.25) is 0 Å². The fourth-order valence-electron chi connectivity index (χ4n) is 1.97. The van der Waals surface area contributed by atoms with Gasteiger partial charge in [0, 0.05) is 24.1 Å².